The van der Waals surface area contributed by atoms with Crippen molar-refractivity contribution in [3.63, 3.8) is 0 Å². The molecular formula is C15H19N. The Hall–Kier alpha value is -1.26. The van der Waals surface area contributed by atoms with Crippen LogP contribution in [0.4, 0.5) is 0 Å². The summed E-state index contributed by atoms with van der Waals surface area (Å²) in [5.41, 5.74) is 2.73. The average Bonchev–Trinajstić information content (AvgIpc) is 3.10. The zero-order valence-electron chi connectivity index (χ0n) is 9.87. The minimum atomic E-state index is 0.508. The molecule has 1 unspecified atom stereocenters. The highest BCUT2D eigenvalue weighted by atomic mass is 14.9. The molecule has 1 aromatic carbocycles. The maximum Gasteiger partial charge on any atom is 0.0349 e. The first-order chi connectivity index (χ1) is 7.81. The molecular weight excluding hydrogens is 194 g/mol. The van der Waals surface area contributed by atoms with Crippen molar-refractivity contribution in [2.24, 2.45) is 5.92 Å². The van der Waals surface area contributed by atoms with Gasteiger partial charge in [0.15, 0.2) is 0 Å². The van der Waals surface area contributed by atoms with Crippen LogP contribution in [0.2, 0.25) is 0 Å². The van der Waals surface area contributed by atoms with Gasteiger partial charge in [-0.05, 0) is 31.2 Å². The van der Waals surface area contributed by atoms with E-state index < -0.39 is 0 Å². The second-order valence-corrected chi connectivity index (χ2v) is 4.63. The summed E-state index contributed by atoms with van der Waals surface area (Å²) in [6.07, 6.45) is 8.79. The molecule has 1 aromatic rings. The number of aryl methyl sites for hydroxylation is 1. The van der Waals surface area contributed by atoms with E-state index in [1.807, 2.05) is 0 Å². The fourth-order valence-corrected chi connectivity index (χ4v) is 2.06. The quantitative estimate of drug-likeness (QED) is 0.585. The summed E-state index contributed by atoms with van der Waals surface area (Å²) >= 11 is 0. The van der Waals surface area contributed by atoms with E-state index in [0.29, 0.717) is 6.04 Å². The second-order valence-electron chi connectivity index (χ2n) is 4.63. The Bertz CT molecular complexity index is 367. The van der Waals surface area contributed by atoms with E-state index >= 15 is 0 Å². The van der Waals surface area contributed by atoms with Gasteiger partial charge in [-0.2, -0.15) is 0 Å². The van der Waals surface area contributed by atoms with Gasteiger partial charge in [0, 0.05) is 19.0 Å². The molecule has 1 saturated carbocycles. The van der Waals surface area contributed by atoms with E-state index in [0.717, 1.165) is 18.9 Å². The van der Waals surface area contributed by atoms with Crippen LogP contribution in [0, 0.1) is 25.2 Å². The van der Waals surface area contributed by atoms with E-state index in [9.17, 15) is 0 Å². The van der Waals surface area contributed by atoms with Crippen molar-refractivity contribution in [1.29, 1.82) is 0 Å². The molecule has 0 radical (unpaired) electrons. The van der Waals surface area contributed by atoms with Crippen molar-refractivity contribution >= 4 is 0 Å². The zero-order valence-corrected chi connectivity index (χ0v) is 9.87. The van der Waals surface area contributed by atoms with Crippen LogP contribution in [-0.4, -0.2) is 6.54 Å². The van der Waals surface area contributed by atoms with Crippen molar-refractivity contribution in [3.05, 3.63) is 35.4 Å². The fourth-order valence-electron chi connectivity index (χ4n) is 2.06. The summed E-state index contributed by atoms with van der Waals surface area (Å²) < 4.78 is 0. The minimum absolute atomic E-state index is 0.508. The van der Waals surface area contributed by atoms with Crippen LogP contribution < -0.4 is 5.32 Å². The van der Waals surface area contributed by atoms with Crippen molar-refractivity contribution in [2.45, 2.75) is 32.2 Å². The van der Waals surface area contributed by atoms with E-state index in [1.54, 1.807) is 0 Å². The minimum Gasteiger partial charge on any atom is -0.309 e. The fraction of sp³-hybridized carbons (Fsp3) is 0.467. The Morgan fingerprint density at radius 2 is 2.06 bits per heavy atom. The van der Waals surface area contributed by atoms with Gasteiger partial charge in [-0.1, -0.05) is 29.8 Å². The van der Waals surface area contributed by atoms with Crippen molar-refractivity contribution in [3.8, 4) is 12.3 Å². The van der Waals surface area contributed by atoms with Gasteiger partial charge in [0.2, 0.25) is 0 Å². The number of rotatable bonds is 5. The Balaban J connectivity index is 2.01. The number of hydrogen-bond donors (Lipinski definition) is 1. The van der Waals surface area contributed by atoms with Gasteiger partial charge in [0.25, 0.3) is 0 Å². The monoisotopic (exact) mass is 213 g/mol. The molecule has 16 heavy (non-hydrogen) atoms. The van der Waals surface area contributed by atoms with E-state index in [2.05, 4.69) is 42.4 Å². The normalized spacial score (nSPS) is 16.8. The molecule has 0 aromatic heterocycles. The van der Waals surface area contributed by atoms with Crippen LogP contribution in [-0.2, 0) is 0 Å². The molecule has 0 heterocycles. The topological polar surface area (TPSA) is 12.0 Å². The highest BCUT2D eigenvalue weighted by Gasteiger charge is 2.31. The molecule has 1 aliphatic rings. The molecule has 1 heteroatoms. The molecule has 0 bridgehead atoms. The molecule has 0 spiro atoms. The average molecular weight is 213 g/mol. The molecule has 1 aliphatic carbocycles. The van der Waals surface area contributed by atoms with Crippen LogP contribution in [0.3, 0.4) is 0 Å². The summed E-state index contributed by atoms with van der Waals surface area (Å²) in [7, 11) is 0. The lowest BCUT2D eigenvalue weighted by Crippen LogP contribution is -2.23. The molecule has 0 amide bonds. The number of terminal acetylenes is 1. The largest absolute Gasteiger partial charge is 0.309 e. The Labute approximate surface area is 98.3 Å². The predicted octanol–water partition coefficient (Wildman–Crippen LogP) is 3.06. The molecule has 1 N–H and O–H groups in total. The highest BCUT2D eigenvalue weighted by Crippen LogP contribution is 2.40. The number of hydrogen-bond acceptors (Lipinski definition) is 1. The molecule has 0 saturated heterocycles. The van der Waals surface area contributed by atoms with Gasteiger partial charge >= 0.3 is 0 Å². The van der Waals surface area contributed by atoms with Crippen LogP contribution in [0.5, 0.6) is 0 Å². The molecule has 1 fully saturated rings. The van der Waals surface area contributed by atoms with Gasteiger partial charge in [0.1, 0.15) is 0 Å². The van der Waals surface area contributed by atoms with E-state index in [1.165, 1.54) is 24.0 Å². The van der Waals surface area contributed by atoms with Gasteiger partial charge < -0.3 is 5.32 Å². The summed E-state index contributed by atoms with van der Waals surface area (Å²) in [6.45, 7) is 3.05. The standard InChI is InChI=1S/C15H19N/c1-3-4-11-16-15(14-9-10-14)13-7-5-12(2)6-8-13/h1,5-8,14-16H,4,9-11H2,2H3. The molecule has 1 nitrogen and oxygen atoms in total. The third-order valence-electron chi connectivity index (χ3n) is 3.16. The summed E-state index contributed by atoms with van der Waals surface area (Å²) in [5, 5.41) is 3.58. The first-order valence-electron chi connectivity index (χ1n) is 6.04. The second kappa shape index (κ2) is 5.18. The van der Waals surface area contributed by atoms with Crippen molar-refractivity contribution < 1.29 is 0 Å². The highest BCUT2D eigenvalue weighted by molar-refractivity contribution is 5.25. The third-order valence-corrected chi connectivity index (χ3v) is 3.16. The molecule has 1 atom stereocenters. The van der Waals surface area contributed by atoms with Crippen LogP contribution in [0.25, 0.3) is 0 Å². The van der Waals surface area contributed by atoms with Gasteiger partial charge in [-0.15, -0.1) is 12.3 Å². The van der Waals surface area contributed by atoms with E-state index in [-0.39, 0.29) is 0 Å². The lowest BCUT2D eigenvalue weighted by molar-refractivity contribution is 0.488. The maximum atomic E-state index is 5.28. The first-order valence-corrected chi connectivity index (χ1v) is 6.04. The van der Waals surface area contributed by atoms with Crippen LogP contribution in [0.1, 0.15) is 36.4 Å². The summed E-state index contributed by atoms with van der Waals surface area (Å²) in [4.78, 5) is 0. The molecule has 0 aliphatic heterocycles. The molecule has 2 rings (SSSR count). The Morgan fingerprint density at radius 1 is 1.38 bits per heavy atom. The first kappa shape index (κ1) is 11.2. The zero-order chi connectivity index (χ0) is 11.4. The van der Waals surface area contributed by atoms with Crippen LogP contribution in [0.15, 0.2) is 24.3 Å². The van der Waals surface area contributed by atoms with Gasteiger partial charge in [-0.25, -0.2) is 0 Å². The third kappa shape index (κ3) is 2.87. The maximum absolute atomic E-state index is 5.28. The predicted molar refractivity (Wildman–Crippen MR) is 68.1 cm³/mol. The Morgan fingerprint density at radius 3 is 2.62 bits per heavy atom. The van der Waals surface area contributed by atoms with Crippen molar-refractivity contribution in [2.75, 3.05) is 6.54 Å². The molecule has 84 valence electrons. The summed E-state index contributed by atoms with van der Waals surface area (Å²) in [5.74, 6) is 3.50. The number of benzene rings is 1. The summed E-state index contributed by atoms with van der Waals surface area (Å²) in [6, 6.07) is 9.36. The lowest BCUT2D eigenvalue weighted by Gasteiger charge is -2.18. The van der Waals surface area contributed by atoms with Gasteiger partial charge in [0.05, 0.1) is 0 Å². The van der Waals surface area contributed by atoms with Crippen molar-refractivity contribution in [1.82, 2.24) is 5.32 Å². The number of nitrogens with one attached hydrogen (secondary N) is 1. The smallest absolute Gasteiger partial charge is 0.0349 e. The lowest BCUT2D eigenvalue weighted by atomic mass is 10.0. The SMILES string of the molecule is C#CCCNC(c1ccc(C)cc1)C1CC1. The van der Waals surface area contributed by atoms with E-state index in [4.69, 9.17) is 6.42 Å². The van der Waals surface area contributed by atoms with Gasteiger partial charge in [-0.3, -0.25) is 0 Å². The Kier molecular flexibility index (Phi) is 3.64. The van der Waals surface area contributed by atoms with Crippen LogP contribution >= 0.6 is 0 Å².